The van der Waals surface area contributed by atoms with Gasteiger partial charge in [-0.1, -0.05) is 18.2 Å². The first-order chi connectivity index (χ1) is 13.9. The van der Waals surface area contributed by atoms with Gasteiger partial charge in [0.25, 0.3) is 5.91 Å². The van der Waals surface area contributed by atoms with Crippen molar-refractivity contribution in [3.8, 4) is 11.5 Å². The molecule has 3 rings (SSSR count). The summed E-state index contributed by atoms with van der Waals surface area (Å²) in [4.78, 5) is 17.1. The molecule has 0 saturated carbocycles. The number of nitrogens with zero attached hydrogens (tertiary/aromatic N) is 1. The Labute approximate surface area is 167 Å². The number of ether oxygens (including phenoxy) is 2. The topological polar surface area (TPSA) is 60.5 Å². The minimum Gasteiger partial charge on any atom is -0.493 e. The molecule has 1 heterocycles. The van der Waals surface area contributed by atoms with Crippen LogP contribution >= 0.6 is 0 Å². The second-order valence-corrected chi connectivity index (χ2v) is 6.69. The van der Waals surface area contributed by atoms with E-state index in [1.807, 2.05) is 31.2 Å². The maximum absolute atomic E-state index is 12.6. The normalized spacial score (nSPS) is 11.0. The molecule has 29 heavy (non-hydrogen) atoms. The SMILES string of the molecule is COc1ccc(CCNC(=O)c2cc3ccc(C)cc3nc2C)cc1OC(F)F. The van der Waals surface area contributed by atoms with Crippen molar-refractivity contribution in [3.05, 3.63) is 64.8 Å². The lowest BCUT2D eigenvalue weighted by molar-refractivity contribution is -0.0512. The molecule has 152 valence electrons. The number of amides is 1. The van der Waals surface area contributed by atoms with Crippen LogP contribution in [0.1, 0.15) is 27.2 Å². The highest BCUT2D eigenvalue weighted by Gasteiger charge is 2.13. The molecule has 0 spiro atoms. The van der Waals surface area contributed by atoms with Crippen molar-refractivity contribution in [2.24, 2.45) is 0 Å². The maximum atomic E-state index is 12.6. The average Bonchev–Trinajstić information content (AvgIpc) is 2.67. The Kier molecular flexibility index (Phi) is 6.26. The molecule has 0 aliphatic heterocycles. The van der Waals surface area contributed by atoms with Gasteiger partial charge in [-0.05, 0) is 55.7 Å². The molecule has 0 aliphatic rings. The monoisotopic (exact) mass is 400 g/mol. The lowest BCUT2D eigenvalue weighted by Crippen LogP contribution is -2.26. The molecule has 2 aromatic carbocycles. The number of halogens is 2. The summed E-state index contributed by atoms with van der Waals surface area (Å²) in [7, 11) is 1.38. The number of carbonyl (C=O) groups is 1. The highest BCUT2D eigenvalue weighted by Crippen LogP contribution is 2.29. The van der Waals surface area contributed by atoms with Crippen LogP contribution in [-0.4, -0.2) is 31.2 Å². The molecule has 0 unspecified atom stereocenters. The Morgan fingerprint density at radius 3 is 2.62 bits per heavy atom. The number of benzene rings is 2. The number of fused-ring (bicyclic) bond motifs is 1. The molecule has 0 saturated heterocycles. The van der Waals surface area contributed by atoms with E-state index in [9.17, 15) is 13.6 Å². The van der Waals surface area contributed by atoms with Crippen molar-refractivity contribution in [2.75, 3.05) is 13.7 Å². The number of methoxy groups -OCH3 is 1. The molecule has 7 heteroatoms. The fraction of sp³-hybridized carbons (Fsp3) is 0.273. The molecule has 1 N–H and O–H groups in total. The number of nitrogens with one attached hydrogen (secondary N) is 1. The third-order valence-corrected chi connectivity index (χ3v) is 4.55. The number of aryl methyl sites for hydroxylation is 2. The van der Waals surface area contributed by atoms with Gasteiger partial charge < -0.3 is 14.8 Å². The van der Waals surface area contributed by atoms with Crippen LogP contribution in [0, 0.1) is 13.8 Å². The molecule has 0 fully saturated rings. The number of hydrogen-bond acceptors (Lipinski definition) is 4. The summed E-state index contributed by atoms with van der Waals surface area (Å²) < 4.78 is 34.6. The summed E-state index contributed by atoms with van der Waals surface area (Å²) in [5.74, 6) is -0.0302. The highest BCUT2D eigenvalue weighted by atomic mass is 19.3. The van der Waals surface area contributed by atoms with E-state index in [1.54, 1.807) is 19.1 Å². The summed E-state index contributed by atoms with van der Waals surface area (Å²) in [5.41, 5.74) is 3.86. The second kappa shape index (κ2) is 8.86. The van der Waals surface area contributed by atoms with E-state index >= 15 is 0 Å². The van der Waals surface area contributed by atoms with Gasteiger partial charge in [0, 0.05) is 11.9 Å². The molecule has 0 radical (unpaired) electrons. The highest BCUT2D eigenvalue weighted by molar-refractivity contribution is 5.98. The smallest absolute Gasteiger partial charge is 0.387 e. The van der Waals surface area contributed by atoms with Crippen molar-refractivity contribution in [1.29, 1.82) is 0 Å². The van der Waals surface area contributed by atoms with Crippen LogP contribution in [0.15, 0.2) is 42.5 Å². The maximum Gasteiger partial charge on any atom is 0.387 e. The number of alkyl halides is 2. The van der Waals surface area contributed by atoms with Crippen LogP contribution in [0.5, 0.6) is 11.5 Å². The number of hydrogen-bond donors (Lipinski definition) is 1. The van der Waals surface area contributed by atoms with Crippen LogP contribution in [0.2, 0.25) is 0 Å². The lowest BCUT2D eigenvalue weighted by atomic mass is 10.1. The molecular weight excluding hydrogens is 378 g/mol. The van der Waals surface area contributed by atoms with Crippen LogP contribution < -0.4 is 14.8 Å². The van der Waals surface area contributed by atoms with E-state index in [4.69, 9.17) is 4.74 Å². The lowest BCUT2D eigenvalue weighted by Gasteiger charge is -2.12. The van der Waals surface area contributed by atoms with Crippen molar-refractivity contribution < 1.29 is 23.0 Å². The van der Waals surface area contributed by atoms with E-state index in [2.05, 4.69) is 15.0 Å². The predicted molar refractivity (Wildman–Crippen MR) is 107 cm³/mol. The average molecular weight is 400 g/mol. The van der Waals surface area contributed by atoms with Crippen LogP contribution in [-0.2, 0) is 6.42 Å². The Bertz CT molecular complexity index is 1040. The zero-order valence-corrected chi connectivity index (χ0v) is 16.5. The van der Waals surface area contributed by atoms with Crippen molar-refractivity contribution in [2.45, 2.75) is 26.9 Å². The number of carbonyl (C=O) groups excluding carboxylic acids is 1. The van der Waals surface area contributed by atoms with Gasteiger partial charge in [-0.3, -0.25) is 9.78 Å². The molecular formula is C22H22F2N2O3. The molecule has 5 nitrogen and oxygen atoms in total. The van der Waals surface area contributed by atoms with Gasteiger partial charge in [0.15, 0.2) is 11.5 Å². The zero-order chi connectivity index (χ0) is 21.0. The first-order valence-electron chi connectivity index (χ1n) is 9.15. The minimum absolute atomic E-state index is 0.0313. The zero-order valence-electron chi connectivity index (χ0n) is 16.5. The standard InChI is InChI=1S/C22H22F2N2O3/c1-13-4-6-16-12-17(14(2)26-18(16)10-13)21(27)25-9-8-15-5-7-19(28-3)20(11-15)29-22(23)24/h4-7,10-12,22H,8-9H2,1-3H3,(H,25,27). The van der Waals surface area contributed by atoms with E-state index < -0.39 is 6.61 Å². The third kappa shape index (κ3) is 4.99. The second-order valence-electron chi connectivity index (χ2n) is 6.69. The predicted octanol–water partition coefficient (Wildman–Crippen LogP) is 4.43. The van der Waals surface area contributed by atoms with Gasteiger partial charge in [-0.15, -0.1) is 0 Å². The van der Waals surface area contributed by atoms with Crippen molar-refractivity contribution >= 4 is 16.8 Å². The van der Waals surface area contributed by atoms with Crippen LogP contribution in [0.3, 0.4) is 0 Å². The molecule has 3 aromatic rings. The fourth-order valence-electron chi connectivity index (χ4n) is 3.08. The summed E-state index contributed by atoms with van der Waals surface area (Å²) in [6.45, 7) is 1.19. The Morgan fingerprint density at radius 1 is 1.10 bits per heavy atom. The van der Waals surface area contributed by atoms with Crippen LogP contribution in [0.25, 0.3) is 10.9 Å². The fourth-order valence-corrected chi connectivity index (χ4v) is 3.08. The van der Waals surface area contributed by atoms with Gasteiger partial charge >= 0.3 is 6.61 Å². The van der Waals surface area contributed by atoms with E-state index in [-0.39, 0.29) is 17.4 Å². The van der Waals surface area contributed by atoms with Crippen molar-refractivity contribution in [3.63, 3.8) is 0 Å². The minimum atomic E-state index is -2.94. The van der Waals surface area contributed by atoms with E-state index in [0.29, 0.717) is 24.2 Å². The quantitative estimate of drug-likeness (QED) is 0.637. The number of aromatic nitrogens is 1. The molecule has 0 aliphatic carbocycles. The van der Waals surface area contributed by atoms with Gasteiger partial charge in [0.05, 0.1) is 23.9 Å². The summed E-state index contributed by atoms with van der Waals surface area (Å²) >= 11 is 0. The number of rotatable bonds is 7. The van der Waals surface area contributed by atoms with E-state index in [1.165, 1.54) is 13.2 Å². The Morgan fingerprint density at radius 2 is 1.90 bits per heavy atom. The molecule has 0 bridgehead atoms. The summed E-state index contributed by atoms with van der Waals surface area (Å²) in [6, 6.07) is 12.5. The van der Waals surface area contributed by atoms with Gasteiger partial charge in [-0.25, -0.2) is 0 Å². The number of pyridine rings is 1. The van der Waals surface area contributed by atoms with Gasteiger partial charge in [0.1, 0.15) is 0 Å². The first kappa shape index (κ1) is 20.5. The molecule has 1 aromatic heterocycles. The Balaban J connectivity index is 1.67. The molecule has 1 amide bonds. The summed E-state index contributed by atoms with van der Waals surface area (Å²) in [5, 5.41) is 3.75. The van der Waals surface area contributed by atoms with Gasteiger partial charge in [-0.2, -0.15) is 8.78 Å². The van der Waals surface area contributed by atoms with Crippen molar-refractivity contribution in [1.82, 2.24) is 10.3 Å². The molecule has 0 atom stereocenters. The first-order valence-corrected chi connectivity index (χ1v) is 9.15. The Hall–Kier alpha value is -3.22. The van der Waals surface area contributed by atoms with Crippen LogP contribution in [0.4, 0.5) is 8.78 Å². The van der Waals surface area contributed by atoms with E-state index in [0.717, 1.165) is 22.0 Å². The largest absolute Gasteiger partial charge is 0.493 e. The third-order valence-electron chi connectivity index (χ3n) is 4.55. The summed E-state index contributed by atoms with van der Waals surface area (Å²) in [6.07, 6.45) is 0.453. The van der Waals surface area contributed by atoms with Gasteiger partial charge in [0.2, 0.25) is 0 Å².